The molecule has 1 aliphatic carbocycles. The zero-order valence-electron chi connectivity index (χ0n) is 10.9. The molecule has 0 saturated heterocycles. The topological polar surface area (TPSA) is 43.8 Å². The van der Waals surface area contributed by atoms with Gasteiger partial charge in [0, 0.05) is 21.8 Å². The van der Waals surface area contributed by atoms with Crippen molar-refractivity contribution in [3.8, 4) is 11.4 Å². The number of hydrogen-bond acceptors (Lipinski definition) is 2. The fraction of sp³-hybridized carbons (Fsp3) is 0.188. The number of imidazole rings is 1. The van der Waals surface area contributed by atoms with E-state index >= 15 is 0 Å². The van der Waals surface area contributed by atoms with Crippen LogP contribution in [0.1, 0.15) is 18.9 Å². The van der Waals surface area contributed by atoms with Gasteiger partial charge in [0.05, 0.1) is 11.0 Å². The average Bonchev–Trinajstić information content (AvgIpc) is 3.21. The second kappa shape index (κ2) is 4.35. The predicted octanol–water partition coefficient (Wildman–Crippen LogP) is 4.38. The van der Waals surface area contributed by atoms with E-state index in [-0.39, 0.29) is 0 Å². The number of nitrogens with two attached hydrogens (primary N) is 1. The monoisotopic (exact) mass is 327 g/mol. The summed E-state index contributed by atoms with van der Waals surface area (Å²) in [7, 11) is 0. The molecule has 0 unspecified atom stereocenters. The van der Waals surface area contributed by atoms with E-state index in [1.54, 1.807) is 0 Å². The van der Waals surface area contributed by atoms with Crippen LogP contribution in [-0.2, 0) is 0 Å². The van der Waals surface area contributed by atoms with Gasteiger partial charge < -0.3 is 10.3 Å². The summed E-state index contributed by atoms with van der Waals surface area (Å²) >= 11 is 3.62. The third kappa shape index (κ3) is 1.83. The second-order valence-electron chi connectivity index (χ2n) is 5.26. The van der Waals surface area contributed by atoms with Gasteiger partial charge in [0.1, 0.15) is 5.82 Å². The van der Waals surface area contributed by atoms with E-state index in [4.69, 9.17) is 10.7 Å². The van der Waals surface area contributed by atoms with Crippen LogP contribution in [0.15, 0.2) is 46.9 Å². The molecule has 4 heteroatoms. The zero-order valence-corrected chi connectivity index (χ0v) is 12.5. The molecule has 0 aliphatic heterocycles. The number of nitrogen functional groups attached to an aromatic ring is 1. The highest BCUT2D eigenvalue weighted by Crippen LogP contribution is 2.42. The summed E-state index contributed by atoms with van der Waals surface area (Å²) in [4.78, 5) is 4.82. The van der Waals surface area contributed by atoms with Gasteiger partial charge in [0.15, 0.2) is 0 Å². The van der Waals surface area contributed by atoms with E-state index in [2.05, 4.69) is 38.7 Å². The van der Waals surface area contributed by atoms with E-state index in [9.17, 15) is 0 Å². The number of hydrogen-bond donors (Lipinski definition) is 1. The van der Waals surface area contributed by atoms with Gasteiger partial charge in [0.25, 0.3) is 0 Å². The lowest BCUT2D eigenvalue weighted by molar-refractivity contribution is 0.775. The Morgan fingerprint density at radius 1 is 1.15 bits per heavy atom. The van der Waals surface area contributed by atoms with Crippen LogP contribution in [0.2, 0.25) is 0 Å². The van der Waals surface area contributed by atoms with Gasteiger partial charge in [-0.1, -0.05) is 28.1 Å². The van der Waals surface area contributed by atoms with Crippen molar-refractivity contribution in [2.24, 2.45) is 0 Å². The minimum Gasteiger partial charge on any atom is -0.399 e. The Morgan fingerprint density at radius 2 is 1.95 bits per heavy atom. The minimum atomic E-state index is 0.575. The van der Waals surface area contributed by atoms with Gasteiger partial charge in [-0.2, -0.15) is 0 Å². The molecular weight excluding hydrogens is 314 g/mol. The number of benzene rings is 2. The maximum atomic E-state index is 5.94. The first kappa shape index (κ1) is 12.0. The van der Waals surface area contributed by atoms with Crippen LogP contribution < -0.4 is 5.73 Å². The van der Waals surface area contributed by atoms with Crippen LogP contribution in [0.25, 0.3) is 22.4 Å². The zero-order chi connectivity index (χ0) is 13.7. The molecule has 1 fully saturated rings. The predicted molar refractivity (Wildman–Crippen MR) is 85.6 cm³/mol. The lowest BCUT2D eigenvalue weighted by atomic mass is 10.2. The van der Waals surface area contributed by atoms with E-state index in [1.165, 1.54) is 18.4 Å². The lowest BCUT2D eigenvalue weighted by Gasteiger charge is -2.10. The highest BCUT2D eigenvalue weighted by Gasteiger charge is 2.29. The van der Waals surface area contributed by atoms with Crippen molar-refractivity contribution in [2.45, 2.75) is 18.9 Å². The molecule has 0 atom stereocenters. The minimum absolute atomic E-state index is 0.575. The summed E-state index contributed by atoms with van der Waals surface area (Å²) < 4.78 is 3.39. The molecule has 1 aromatic heterocycles. The Labute approximate surface area is 125 Å². The molecule has 2 aromatic carbocycles. The molecule has 0 radical (unpaired) electrons. The molecule has 2 N–H and O–H groups in total. The summed E-state index contributed by atoms with van der Waals surface area (Å²) in [5.41, 5.74) is 10.0. The Morgan fingerprint density at radius 3 is 2.75 bits per heavy atom. The van der Waals surface area contributed by atoms with Crippen molar-refractivity contribution in [2.75, 3.05) is 5.73 Å². The Kier molecular flexibility index (Phi) is 2.60. The highest BCUT2D eigenvalue weighted by atomic mass is 79.9. The first-order chi connectivity index (χ1) is 9.74. The molecule has 4 rings (SSSR count). The number of anilines is 1. The van der Waals surface area contributed by atoms with Crippen LogP contribution in [0.5, 0.6) is 0 Å². The molecule has 3 aromatic rings. The Hall–Kier alpha value is -1.81. The molecule has 1 heterocycles. The maximum absolute atomic E-state index is 5.94. The maximum Gasteiger partial charge on any atom is 0.142 e. The number of fused-ring (bicyclic) bond motifs is 1. The molecular formula is C16H14BrN3. The largest absolute Gasteiger partial charge is 0.399 e. The van der Waals surface area contributed by atoms with E-state index in [0.29, 0.717) is 6.04 Å². The molecule has 1 saturated carbocycles. The van der Waals surface area contributed by atoms with Crippen molar-refractivity contribution in [1.82, 2.24) is 9.55 Å². The van der Waals surface area contributed by atoms with Gasteiger partial charge in [-0.05, 0) is 43.2 Å². The molecule has 0 bridgehead atoms. The standard InChI is InChI=1S/C16H14BrN3/c17-13-8-5-10(18)9-12(13)16-19-14-3-1-2-4-15(14)20(16)11-6-7-11/h1-5,8-9,11H,6-7,18H2. The van der Waals surface area contributed by atoms with E-state index in [0.717, 1.165) is 27.1 Å². The van der Waals surface area contributed by atoms with Gasteiger partial charge >= 0.3 is 0 Å². The average molecular weight is 328 g/mol. The van der Waals surface area contributed by atoms with Crippen molar-refractivity contribution in [3.63, 3.8) is 0 Å². The fourth-order valence-corrected chi connectivity index (χ4v) is 3.08. The molecule has 0 spiro atoms. The Bertz CT molecular complexity index is 803. The lowest BCUT2D eigenvalue weighted by Crippen LogP contribution is -1.98. The van der Waals surface area contributed by atoms with E-state index in [1.807, 2.05) is 24.3 Å². The van der Waals surface area contributed by atoms with Gasteiger partial charge in [-0.15, -0.1) is 0 Å². The van der Waals surface area contributed by atoms with Gasteiger partial charge in [-0.3, -0.25) is 0 Å². The molecule has 0 amide bonds. The van der Waals surface area contributed by atoms with Crippen molar-refractivity contribution >= 4 is 32.7 Å². The normalized spacial score (nSPS) is 14.8. The third-order valence-corrected chi connectivity index (χ3v) is 4.43. The summed E-state index contributed by atoms with van der Waals surface area (Å²) in [6, 6.07) is 14.8. The molecule has 100 valence electrons. The summed E-state index contributed by atoms with van der Waals surface area (Å²) in [6.07, 6.45) is 2.46. The number of aromatic nitrogens is 2. The van der Waals surface area contributed by atoms with Gasteiger partial charge in [-0.25, -0.2) is 4.98 Å². The number of nitrogens with zero attached hydrogens (tertiary/aromatic N) is 2. The second-order valence-corrected chi connectivity index (χ2v) is 6.12. The highest BCUT2D eigenvalue weighted by molar-refractivity contribution is 9.10. The molecule has 3 nitrogen and oxygen atoms in total. The number of rotatable bonds is 2. The summed E-state index contributed by atoms with van der Waals surface area (Å²) in [5.74, 6) is 1.01. The smallest absolute Gasteiger partial charge is 0.142 e. The van der Waals surface area contributed by atoms with Crippen molar-refractivity contribution < 1.29 is 0 Å². The van der Waals surface area contributed by atoms with Crippen molar-refractivity contribution in [3.05, 3.63) is 46.9 Å². The van der Waals surface area contributed by atoms with E-state index < -0.39 is 0 Å². The van der Waals surface area contributed by atoms with Crippen LogP contribution in [-0.4, -0.2) is 9.55 Å². The summed E-state index contributed by atoms with van der Waals surface area (Å²) in [5, 5.41) is 0. The van der Waals surface area contributed by atoms with Crippen molar-refractivity contribution in [1.29, 1.82) is 0 Å². The molecule has 1 aliphatic rings. The fourth-order valence-electron chi connectivity index (χ4n) is 2.65. The third-order valence-electron chi connectivity index (χ3n) is 3.74. The number of para-hydroxylation sites is 2. The van der Waals surface area contributed by atoms with Crippen LogP contribution >= 0.6 is 15.9 Å². The quantitative estimate of drug-likeness (QED) is 0.709. The van der Waals surface area contributed by atoms with Gasteiger partial charge in [0.2, 0.25) is 0 Å². The molecule has 20 heavy (non-hydrogen) atoms. The van der Waals surface area contributed by atoms with Crippen LogP contribution in [0.3, 0.4) is 0 Å². The van der Waals surface area contributed by atoms with Crippen LogP contribution in [0.4, 0.5) is 5.69 Å². The first-order valence-corrected chi connectivity index (χ1v) is 7.56. The SMILES string of the molecule is Nc1ccc(Br)c(-c2nc3ccccc3n2C2CC2)c1. The summed E-state index contributed by atoms with van der Waals surface area (Å²) in [6.45, 7) is 0. The van der Waals surface area contributed by atoms with Crippen LogP contribution in [0, 0.1) is 0 Å². The number of halogens is 1. The first-order valence-electron chi connectivity index (χ1n) is 6.76. The Balaban J connectivity index is 2.03.